The van der Waals surface area contributed by atoms with Crippen LogP contribution in [-0.4, -0.2) is 36.0 Å². The van der Waals surface area contributed by atoms with Gasteiger partial charge in [-0.15, -0.1) is 0 Å². The third-order valence-electron chi connectivity index (χ3n) is 11.0. The summed E-state index contributed by atoms with van der Waals surface area (Å²) in [6.45, 7) is 7.76. The zero-order chi connectivity index (χ0) is 30.9. The Balaban J connectivity index is 1.57. The Labute approximate surface area is 270 Å². The molecule has 2 saturated carbocycles. The van der Waals surface area contributed by atoms with Gasteiger partial charge in [0.25, 0.3) is 0 Å². The molecule has 0 atom stereocenters. The van der Waals surface area contributed by atoms with Crippen molar-refractivity contribution in [1.82, 2.24) is 19.6 Å². The van der Waals surface area contributed by atoms with Gasteiger partial charge in [-0.3, -0.25) is 0 Å². The van der Waals surface area contributed by atoms with Crippen LogP contribution in [0.2, 0.25) is 0 Å². The molecule has 5 heteroatoms. The number of benzene rings is 3. The summed E-state index contributed by atoms with van der Waals surface area (Å²) < 4.78 is 4.58. The molecule has 0 unspecified atom stereocenters. The van der Waals surface area contributed by atoms with Crippen molar-refractivity contribution in [1.29, 1.82) is 0 Å². The van der Waals surface area contributed by atoms with E-state index in [0.717, 1.165) is 45.2 Å². The van der Waals surface area contributed by atoms with Crippen LogP contribution < -0.4 is 5.44 Å². The van der Waals surface area contributed by atoms with Crippen LogP contribution in [0.4, 0.5) is 0 Å². The summed E-state index contributed by atoms with van der Waals surface area (Å²) in [5, 5.41) is 11.0. The standard InChI is InChI=1S/C40H49N4P/c1-40(2,3)45(34-25-15-7-16-26-34,35-27-17-8-18-28-35)36-29-30-41-44(36)39-37(31-19-9-4-10-20-31)42-43(33-23-13-6-14-24-33)38(39)32-21-11-5-12-22-32/h4-6,9-14,19-24,29-30,34-35,45H,7-8,15-18,25-28H2,1-3H3. The summed E-state index contributed by atoms with van der Waals surface area (Å²) in [7, 11) is -2.20. The van der Waals surface area contributed by atoms with Crippen LogP contribution in [0.15, 0.2) is 103 Å². The van der Waals surface area contributed by atoms with Crippen LogP contribution >= 0.6 is 7.26 Å². The summed E-state index contributed by atoms with van der Waals surface area (Å²) >= 11 is 0. The quantitative estimate of drug-likeness (QED) is 0.171. The van der Waals surface area contributed by atoms with Gasteiger partial charge in [0.05, 0.1) is 0 Å². The third kappa shape index (κ3) is 5.40. The first-order chi connectivity index (χ1) is 22.0. The molecule has 2 aliphatic carbocycles. The molecule has 0 amide bonds. The normalized spacial score (nSPS) is 17.4. The molecule has 0 radical (unpaired) electrons. The van der Waals surface area contributed by atoms with Crippen molar-refractivity contribution in [3.63, 3.8) is 0 Å². The van der Waals surface area contributed by atoms with E-state index < -0.39 is 7.26 Å². The van der Waals surface area contributed by atoms with Crippen molar-refractivity contribution in [3.8, 4) is 33.9 Å². The van der Waals surface area contributed by atoms with E-state index in [4.69, 9.17) is 10.2 Å². The Morgan fingerprint density at radius 2 is 1.11 bits per heavy atom. The molecule has 0 spiro atoms. The molecule has 0 saturated heterocycles. The fourth-order valence-electron chi connectivity index (χ4n) is 9.28. The first kappa shape index (κ1) is 30.2. The van der Waals surface area contributed by atoms with Crippen LogP contribution in [0.25, 0.3) is 33.9 Å². The maximum absolute atomic E-state index is 5.46. The summed E-state index contributed by atoms with van der Waals surface area (Å²) in [4.78, 5) is 0. The number of aromatic nitrogens is 4. The third-order valence-corrected chi connectivity index (χ3v) is 18.4. The zero-order valence-corrected chi connectivity index (χ0v) is 28.3. The molecule has 45 heavy (non-hydrogen) atoms. The van der Waals surface area contributed by atoms with Crippen LogP contribution in [-0.2, 0) is 0 Å². The molecule has 0 bridgehead atoms. The predicted molar refractivity (Wildman–Crippen MR) is 193 cm³/mol. The average molecular weight is 617 g/mol. The molecule has 0 N–H and O–H groups in total. The van der Waals surface area contributed by atoms with Gasteiger partial charge in [-0.25, -0.2) is 0 Å². The molecule has 7 rings (SSSR count). The first-order valence-corrected chi connectivity index (χ1v) is 19.5. The second-order valence-electron chi connectivity index (χ2n) is 14.4. The minimum atomic E-state index is -2.20. The van der Waals surface area contributed by atoms with Gasteiger partial charge in [-0.2, -0.15) is 0 Å². The Morgan fingerprint density at radius 3 is 1.64 bits per heavy atom. The van der Waals surface area contributed by atoms with E-state index in [-0.39, 0.29) is 5.16 Å². The number of rotatable bonds is 7. The van der Waals surface area contributed by atoms with E-state index in [1.165, 1.54) is 69.6 Å². The molecule has 2 aliphatic rings. The SMILES string of the molecule is CC(C)(C)[PH](c1ccnn1-c1c(-c2ccccc2)nn(-c2ccccc2)c1-c1ccccc1)(C1CCCCC1)C1CCCCC1. The van der Waals surface area contributed by atoms with E-state index in [2.05, 4.69) is 133 Å². The van der Waals surface area contributed by atoms with Crippen LogP contribution in [0, 0.1) is 0 Å². The zero-order valence-electron chi connectivity index (χ0n) is 27.3. The van der Waals surface area contributed by atoms with E-state index in [9.17, 15) is 0 Å². The van der Waals surface area contributed by atoms with Gasteiger partial charge in [-0.1, -0.05) is 0 Å². The summed E-state index contributed by atoms with van der Waals surface area (Å²) in [6, 6.07) is 34.7. The summed E-state index contributed by atoms with van der Waals surface area (Å²) in [5.41, 5.74) is 9.63. The van der Waals surface area contributed by atoms with Crippen LogP contribution in [0.1, 0.15) is 85.0 Å². The second kappa shape index (κ2) is 12.7. The van der Waals surface area contributed by atoms with Crippen molar-refractivity contribution in [2.75, 3.05) is 0 Å². The average Bonchev–Trinajstić information content (AvgIpc) is 3.72. The molecule has 0 aliphatic heterocycles. The van der Waals surface area contributed by atoms with Gasteiger partial charge in [-0.05, 0) is 0 Å². The van der Waals surface area contributed by atoms with E-state index >= 15 is 0 Å². The Morgan fingerprint density at radius 1 is 0.600 bits per heavy atom. The van der Waals surface area contributed by atoms with E-state index in [0.29, 0.717) is 0 Å². The number of hydrogen-bond donors (Lipinski definition) is 0. The van der Waals surface area contributed by atoms with Crippen molar-refractivity contribution in [3.05, 3.63) is 103 Å². The molecule has 2 heterocycles. The van der Waals surface area contributed by atoms with Crippen LogP contribution in [0.5, 0.6) is 0 Å². The van der Waals surface area contributed by atoms with Gasteiger partial charge in [0.15, 0.2) is 0 Å². The van der Waals surface area contributed by atoms with Gasteiger partial charge < -0.3 is 0 Å². The maximum atomic E-state index is 5.46. The topological polar surface area (TPSA) is 35.6 Å². The van der Waals surface area contributed by atoms with Crippen molar-refractivity contribution in [2.24, 2.45) is 0 Å². The molecule has 3 aromatic carbocycles. The summed E-state index contributed by atoms with van der Waals surface area (Å²) in [6.07, 6.45) is 15.8. The van der Waals surface area contributed by atoms with Crippen molar-refractivity contribution in [2.45, 2.75) is 101 Å². The van der Waals surface area contributed by atoms with E-state index in [1.54, 1.807) is 0 Å². The first-order valence-electron chi connectivity index (χ1n) is 17.3. The fourth-order valence-corrected chi connectivity index (χ4v) is 17.5. The molecule has 5 aromatic rings. The fraction of sp³-hybridized carbons (Fsp3) is 0.400. The molecule has 2 fully saturated rings. The Bertz CT molecular complexity index is 1670. The monoisotopic (exact) mass is 616 g/mol. The van der Waals surface area contributed by atoms with Gasteiger partial charge in [0.2, 0.25) is 0 Å². The van der Waals surface area contributed by atoms with Gasteiger partial charge in [0.1, 0.15) is 0 Å². The Kier molecular flexibility index (Phi) is 8.53. The van der Waals surface area contributed by atoms with Gasteiger partial charge in [0, 0.05) is 0 Å². The Hall–Kier alpha value is -3.49. The number of para-hydroxylation sites is 1. The predicted octanol–water partition coefficient (Wildman–Crippen LogP) is 10.2. The van der Waals surface area contributed by atoms with E-state index in [1.807, 2.05) is 0 Å². The molecule has 2 aromatic heterocycles. The molecule has 234 valence electrons. The van der Waals surface area contributed by atoms with Crippen molar-refractivity contribution >= 4 is 12.7 Å². The van der Waals surface area contributed by atoms with Crippen LogP contribution in [0.3, 0.4) is 0 Å². The molecule has 4 nitrogen and oxygen atoms in total. The number of nitrogens with zero attached hydrogens (tertiary/aromatic N) is 4. The number of hydrogen-bond acceptors (Lipinski definition) is 2. The second-order valence-corrected chi connectivity index (χ2v) is 19.8. The molecular formula is C40H49N4P. The molecular weight excluding hydrogens is 567 g/mol. The van der Waals surface area contributed by atoms with Gasteiger partial charge >= 0.3 is 271 Å². The van der Waals surface area contributed by atoms with Crippen molar-refractivity contribution < 1.29 is 0 Å². The minimum absolute atomic E-state index is 0.198. The summed E-state index contributed by atoms with van der Waals surface area (Å²) in [5.74, 6) is 0.